The molecule has 0 N–H and O–H groups in total. The van der Waals surface area contributed by atoms with Gasteiger partial charge in [0.15, 0.2) is 0 Å². The summed E-state index contributed by atoms with van der Waals surface area (Å²) in [7, 11) is 0. The first kappa shape index (κ1) is 16.5. The van der Waals surface area contributed by atoms with Crippen molar-refractivity contribution < 1.29 is 4.79 Å². The largest absolute Gasteiger partial charge is 0.336 e. The molecule has 110 valence electrons. The molecule has 0 fully saturated rings. The van der Waals surface area contributed by atoms with E-state index in [1.807, 2.05) is 41.3 Å². The molecule has 0 aliphatic carbocycles. The van der Waals surface area contributed by atoms with Crippen molar-refractivity contribution in [3.05, 3.63) is 48.6 Å². The molecule has 1 rings (SSSR count). The molecule has 1 aromatic rings. The van der Waals surface area contributed by atoms with Crippen LogP contribution >= 0.6 is 0 Å². The third kappa shape index (κ3) is 4.84. The van der Waals surface area contributed by atoms with Crippen molar-refractivity contribution in [1.82, 2.24) is 4.90 Å². The van der Waals surface area contributed by atoms with Crippen LogP contribution < -0.4 is 0 Å². The number of benzene rings is 1. The highest BCUT2D eigenvalue weighted by atomic mass is 16.2. The lowest BCUT2D eigenvalue weighted by Crippen LogP contribution is -2.39. The SMILES string of the molecule is C=CCCCCC(CC)N(CC)C(=O)c1ccccc1. The molecule has 0 aromatic heterocycles. The smallest absolute Gasteiger partial charge is 0.254 e. The second-order valence-electron chi connectivity index (χ2n) is 5.09. The highest BCUT2D eigenvalue weighted by molar-refractivity contribution is 5.94. The van der Waals surface area contributed by atoms with Crippen LogP contribution in [0.25, 0.3) is 0 Å². The average molecular weight is 273 g/mol. The number of carbonyl (C=O) groups excluding carboxylic acids is 1. The molecule has 1 amide bonds. The zero-order valence-electron chi connectivity index (χ0n) is 12.8. The Morgan fingerprint density at radius 2 is 1.95 bits per heavy atom. The number of amides is 1. The Labute approximate surface area is 123 Å². The van der Waals surface area contributed by atoms with Gasteiger partial charge in [0, 0.05) is 18.2 Å². The molecule has 0 heterocycles. The summed E-state index contributed by atoms with van der Waals surface area (Å²) >= 11 is 0. The molecule has 20 heavy (non-hydrogen) atoms. The predicted molar refractivity (Wildman–Crippen MR) is 85.9 cm³/mol. The van der Waals surface area contributed by atoms with E-state index in [-0.39, 0.29) is 5.91 Å². The van der Waals surface area contributed by atoms with Gasteiger partial charge in [0.1, 0.15) is 0 Å². The van der Waals surface area contributed by atoms with Gasteiger partial charge in [-0.15, -0.1) is 6.58 Å². The van der Waals surface area contributed by atoms with Crippen molar-refractivity contribution in [1.29, 1.82) is 0 Å². The highest BCUT2D eigenvalue weighted by Gasteiger charge is 2.21. The lowest BCUT2D eigenvalue weighted by Gasteiger charge is -2.30. The summed E-state index contributed by atoms with van der Waals surface area (Å²) in [5.41, 5.74) is 0.791. The van der Waals surface area contributed by atoms with Gasteiger partial charge >= 0.3 is 0 Å². The monoisotopic (exact) mass is 273 g/mol. The molecule has 1 unspecified atom stereocenters. The standard InChI is InChI=1S/C18H27NO/c1-4-7-8-12-15-17(5-2)19(6-3)18(20)16-13-10-9-11-14-16/h4,9-11,13-14,17H,1,5-8,12,15H2,2-3H3. The van der Waals surface area contributed by atoms with Crippen molar-refractivity contribution in [2.45, 2.75) is 52.0 Å². The van der Waals surface area contributed by atoms with Gasteiger partial charge in [-0.25, -0.2) is 0 Å². The Morgan fingerprint density at radius 3 is 2.50 bits per heavy atom. The van der Waals surface area contributed by atoms with Gasteiger partial charge in [0.2, 0.25) is 0 Å². The number of hydrogen-bond donors (Lipinski definition) is 0. The molecular formula is C18H27NO. The summed E-state index contributed by atoms with van der Waals surface area (Å²) < 4.78 is 0. The minimum Gasteiger partial charge on any atom is -0.336 e. The van der Waals surface area contributed by atoms with Crippen LogP contribution in [0.15, 0.2) is 43.0 Å². The van der Waals surface area contributed by atoms with Gasteiger partial charge in [-0.1, -0.05) is 37.6 Å². The summed E-state index contributed by atoms with van der Waals surface area (Å²) in [6.45, 7) is 8.75. The fourth-order valence-corrected chi connectivity index (χ4v) is 2.56. The lowest BCUT2D eigenvalue weighted by molar-refractivity contribution is 0.0673. The Bertz CT molecular complexity index is 399. The molecule has 0 saturated heterocycles. The van der Waals surface area contributed by atoms with Gasteiger partial charge in [-0.3, -0.25) is 4.79 Å². The van der Waals surface area contributed by atoms with Crippen LogP contribution in [0, 0.1) is 0 Å². The third-order valence-electron chi connectivity index (χ3n) is 3.73. The first-order valence-electron chi connectivity index (χ1n) is 7.71. The first-order valence-corrected chi connectivity index (χ1v) is 7.71. The number of rotatable bonds is 9. The number of carbonyl (C=O) groups is 1. The fraction of sp³-hybridized carbons (Fsp3) is 0.500. The molecule has 0 aliphatic rings. The maximum atomic E-state index is 12.6. The summed E-state index contributed by atoms with van der Waals surface area (Å²) in [6, 6.07) is 9.93. The van der Waals surface area contributed by atoms with Crippen LogP contribution in [0.5, 0.6) is 0 Å². The molecule has 1 aromatic carbocycles. The Balaban J connectivity index is 2.66. The fourth-order valence-electron chi connectivity index (χ4n) is 2.56. The number of allylic oxidation sites excluding steroid dienone is 1. The number of hydrogen-bond acceptors (Lipinski definition) is 1. The molecule has 0 spiro atoms. The van der Waals surface area contributed by atoms with Crippen molar-refractivity contribution in [2.24, 2.45) is 0 Å². The third-order valence-corrected chi connectivity index (χ3v) is 3.73. The van der Waals surface area contributed by atoms with Gasteiger partial charge in [-0.2, -0.15) is 0 Å². The van der Waals surface area contributed by atoms with Crippen LogP contribution in [-0.2, 0) is 0 Å². The van der Waals surface area contributed by atoms with E-state index in [4.69, 9.17) is 0 Å². The Hall–Kier alpha value is -1.57. The van der Waals surface area contributed by atoms with E-state index in [0.29, 0.717) is 6.04 Å². The summed E-state index contributed by atoms with van der Waals surface area (Å²) in [5, 5.41) is 0. The zero-order chi connectivity index (χ0) is 14.8. The van der Waals surface area contributed by atoms with Crippen LogP contribution in [-0.4, -0.2) is 23.4 Å². The molecular weight excluding hydrogens is 246 g/mol. The van der Waals surface area contributed by atoms with Gasteiger partial charge in [0.05, 0.1) is 0 Å². The maximum absolute atomic E-state index is 12.6. The molecule has 0 saturated carbocycles. The first-order chi connectivity index (χ1) is 9.74. The number of nitrogens with zero attached hydrogens (tertiary/aromatic N) is 1. The van der Waals surface area contributed by atoms with Crippen molar-refractivity contribution >= 4 is 5.91 Å². The second-order valence-corrected chi connectivity index (χ2v) is 5.09. The quantitative estimate of drug-likeness (QED) is 0.473. The van der Waals surface area contributed by atoms with E-state index in [0.717, 1.165) is 44.2 Å². The predicted octanol–water partition coefficient (Wildman–Crippen LogP) is 4.67. The van der Waals surface area contributed by atoms with Crippen molar-refractivity contribution in [2.75, 3.05) is 6.54 Å². The van der Waals surface area contributed by atoms with Gasteiger partial charge in [-0.05, 0) is 44.7 Å². The summed E-state index contributed by atoms with van der Waals surface area (Å²) in [4.78, 5) is 14.6. The summed E-state index contributed by atoms with van der Waals surface area (Å²) in [5.74, 6) is 0.156. The molecule has 2 nitrogen and oxygen atoms in total. The molecule has 0 aliphatic heterocycles. The second kappa shape index (κ2) is 9.35. The van der Waals surface area contributed by atoms with E-state index in [2.05, 4.69) is 20.4 Å². The maximum Gasteiger partial charge on any atom is 0.254 e. The number of unbranched alkanes of at least 4 members (excludes halogenated alkanes) is 2. The topological polar surface area (TPSA) is 20.3 Å². The van der Waals surface area contributed by atoms with E-state index < -0.39 is 0 Å². The zero-order valence-corrected chi connectivity index (χ0v) is 12.8. The van der Waals surface area contributed by atoms with Crippen LogP contribution in [0.4, 0.5) is 0 Å². The van der Waals surface area contributed by atoms with Crippen LogP contribution in [0.1, 0.15) is 56.3 Å². The van der Waals surface area contributed by atoms with E-state index >= 15 is 0 Å². The molecule has 0 radical (unpaired) electrons. The molecule has 1 atom stereocenters. The Kier molecular flexibility index (Phi) is 7.71. The minimum absolute atomic E-state index is 0.156. The average Bonchev–Trinajstić information content (AvgIpc) is 2.50. The molecule has 0 bridgehead atoms. The van der Waals surface area contributed by atoms with Gasteiger partial charge < -0.3 is 4.90 Å². The highest BCUT2D eigenvalue weighted by Crippen LogP contribution is 2.16. The minimum atomic E-state index is 0.156. The van der Waals surface area contributed by atoms with E-state index in [1.54, 1.807) is 0 Å². The normalized spacial score (nSPS) is 11.9. The van der Waals surface area contributed by atoms with Crippen LogP contribution in [0.2, 0.25) is 0 Å². The van der Waals surface area contributed by atoms with E-state index in [1.165, 1.54) is 0 Å². The Morgan fingerprint density at radius 1 is 1.25 bits per heavy atom. The molecule has 2 heteroatoms. The van der Waals surface area contributed by atoms with Gasteiger partial charge in [0.25, 0.3) is 5.91 Å². The lowest BCUT2D eigenvalue weighted by atomic mass is 10.0. The van der Waals surface area contributed by atoms with Crippen molar-refractivity contribution in [3.8, 4) is 0 Å². The van der Waals surface area contributed by atoms with E-state index in [9.17, 15) is 4.79 Å². The van der Waals surface area contributed by atoms with Crippen LogP contribution in [0.3, 0.4) is 0 Å². The summed E-state index contributed by atoms with van der Waals surface area (Å²) in [6.07, 6.45) is 7.44. The van der Waals surface area contributed by atoms with Crippen molar-refractivity contribution in [3.63, 3.8) is 0 Å².